The van der Waals surface area contributed by atoms with Crippen LogP contribution in [0.2, 0.25) is 0 Å². The first-order valence-electron chi connectivity index (χ1n) is 5.96. The molecule has 7 heteroatoms. The summed E-state index contributed by atoms with van der Waals surface area (Å²) >= 11 is 0. The number of nitriles is 1. The van der Waals surface area contributed by atoms with Gasteiger partial charge in [0.25, 0.3) is 0 Å². The molecule has 0 unspecified atom stereocenters. The van der Waals surface area contributed by atoms with E-state index in [-0.39, 0.29) is 12.0 Å². The topological polar surface area (TPSA) is 83.3 Å². The summed E-state index contributed by atoms with van der Waals surface area (Å²) in [7, 11) is -3.21. The van der Waals surface area contributed by atoms with Gasteiger partial charge in [-0.25, -0.2) is 13.4 Å². The van der Waals surface area contributed by atoms with Gasteiger partial charge in [0.05, 0.1) is 18.3 Å². The van der Waals surface area contributed by atoms with E-state index < -0.39 is 15.3 Å². The Morgan fingerprint density at radius 3 is 2.79 bits per heavy atom. The Hall–Kier alpha value is -1.65. The SMILES string of the molecule is CC(C)S(=O)(=O)N1CC(Oc2ncccc2C#N)C1. The lowest BCUT2D eigenvalue weighted by molar-refractivity contribution is 0.0713. The summed E-state index contributed by atoms with van der Waals surface area (Å²) in [5, 5.41) is 8.47. The van der Waals surface area contributed by atoms with Crippen molar-refractivity contribution < 1.29 is 13.2 Å². The van der Waals surface area contributed by atoms with Crippen molar-refractivity contribution in [2.45, 2.75) is 25.2 Å². The highest BCUT2D eigenvalue weighted by atomic mass is 32.2. The standard InChI is InChI=1S/C12H15N3O3S/c1-9(2)19(16,17)15-7-11(8-15)18-12-10(6-13)4-3-5-14-12/h3-5,9,11H,7-8H2,1-2H3. The van der Waals surface area contributed by atoms with Crippen molar-refractivity contribution in [3.05, 3.63) is 23.9 Å². The van der Waals surface area contributed by atoms with E-state index in [2.05, 4.69) is 4.98 Å². The number of aromatic nitrogens is 1. The van der Waals surface area contributed by atoms with Crippen LogP contribution in [0.15, 0.2) is 18.3 Å². The largest absolute Gasteiger partial charge is 0.471 e. The zero-order valence-electron chi connectivity index (χ0n) is 10.8. The van der Waals surface area contributed by atoms with Gasteiger partial charge in [-0.15, -0.1) is 0 Å². The number of sulfonamides is 1. The van der Waals surface area contributed by atoms with E-state index in [0.29, 0.717) is 18.7 Å². The maximum absolute atomic E-state index is 11.8. The zero-order chi connectivity index (χ0) is 14.0. The van der Waals surface area contributed by atoms with Crippen molar-refractivity contribution in [2.24, 2.45) is 0 Å². The van der Waals surface area contributed by atoms with E-state index in [1.807, 2.05) is 6.07 Å². The van der Waals surface area contributed by atoms with Crippen LogP contribution in [-0.2, 0) is 10.0 Å². The van der Waals surface area contributed by atoms with Gasteiger partial charge in [-0.1, -0.05) is 0 Å². The van der Waals surface area contributed by atoms with Crippen molar-refractivity contribution in [3.63, 3.8) is 0 Å². The second kappa shape index (κ2) is 5.15. The molecule has 0 atom stereocenters. The van der Waals surface area contributed by atoms with Crippen LogP contribution >= 0.6 is 0 Å². The van der Waals surface area contributed by atoms with Crippen LogP contribution in [-0.4, -0.2) is 42.2 Å². The molecule has 0 aliphatic carbocycles. The molecule has 2 heterocycles. The molecule has 0 saturated carbocycles. The second-order valence-electron chi connectivity index (χ2n) is 4.62. The third-order valence-corrected chi connectivity index (χ3v) is 5.15. The number of ether oxygens (including phenoxy) is 1. The molecule has 1 aromatic rings. The number of pyridine rings is 1. The summed E-state index contributed by atoms with van der Waals surface area (Å²) in [4.78, 5) is 3.98. The Kier molecular flexibility index (Phi) is 3.73. The molecule has 1 saturated heterocycles. The fraction of sp³-hybridized carbons (Fsp3) is 0.500. The maximum atomic E-state index is 11.8. The summed E-state index contributed by atoms with van der Waals surface area (Å²) in [5.41, 5.74) is 0.354. The van der Waals surface area contributed by atoms with Gasteiger partial charge in [-0.05, 0) is 26.0 Å². The Balaban J connectivity index is 1.98. The van der Waals surface area contributed by atoms with Gasteiger partial charge in [0.15, 0.2) is 0 Å². The average Bonchev–Trinajstić information content (AvgIpc) is 2.33. The second-order valence-corrected chi connectivity index (χ2v) is 7.11. The van der Waals surface area contributed by atoms with E-state index >= 15 is 0 Å². The Labute approximate surface area is 112 Å². The molecule has 0 bridgehead atoms. The minimum Gasteiger partial charge on any atom is -0.471 e. The zero-order valence-corrected chi connectivity index (χ0v) is 11.6. The summed E-state index contributed by atoms with van der Waals surface area (Å²) in [5.74, 6) is 0.261. The third kappa shape index (κ3) is 2.69. The van der Waals surface area contributed by atoms with Gasteiger partial charge in [0, 0.05) is 6.20 Å². The number of nitrogens with zero attached hydrogens (tertiary/aromatic N) is 3. The first-order chi connectivity index (χ1) is 8.95. The van der Waals surface area contributed by atoms with Crippen molar-refractivity contribution in [1.29, 1.82) is 5.26 Å². The van der Waals surface area contributed by atoms with E-state index in [0.717, 1.165) is 0 Å². The molecule has 102 valence electrons. The Morgan fingerprint density at radius 1 is 1.53 bits per heavy atom. The van der Waals surface area contributed by atoms with Crippen LogP contribution in [0.1, 0.15) is 19.4 Å². The predicted molar refractivity (Wildman–Crippen MR) is 69.0 cm³/mol. The summed E-state index contributed by atoms with van der Waals surface area (Å²) in [6, 6.07) is 5.26. The molecular formula is C12H15N3O3S. The van der Waals surface area contributed by atoms with Crippen molar-refractivity contribution in [3.8, 4) is 11.9 Å². The predicted octanol–water partition coefficient (Wildman–Crippen LogP) is 0.754. The lowest BCUT2D eigenvalue weighted by Crippen LogP contribution is -2.57. The molecule has 1 aromatic heterocycles. The van der Waals surface area contributed by atoms with Crippen LogP contribution < -0.4 is 4.74 Å². The highest BCUT2D eigenvalue weighted by Crippen LogP contribution is 2.22. The molecule has 0 spiro atoms. The molecule has 6 nitrogen and oxygen atoms in total. The normalized spacial score (nSPS) is 16.9. The maximum Gasteiger partial charge on any atom is 0.232 e. The monoisotopic (exact) mass is 281 g/mol. The summed E-state index contributed by atoms with van der Waals surface area (Å²) in [6.07, 6.45) is 1.30. The smallest absolute Gasteiger partial charge is 0.232 e. The summed E-state index contributed by atoms with van der Waals surface area (Å²) in [6.45, 7) is 3.91. The lowest BCUT2D eigenvalue weighted by Gasteiger charge is -2.38. The molecule has 19 heavy (non-hydrogen) atoms. The van der Waals surface area contributed by atoms with Gasteiger partial charge in [0.2, 0.25) is 15.9 Å². The summed E-state index contributed by atoms with van der Waals surface area (Å²) < 4.78 is 30.6. The third-order valence-electron chi connectivity index (χ3n) is 2.94. The first-order valence-corrected chi connectivity index (χ1v) is 7.46. The fourth-order valence-corrected chi connectivity index (χ4v) is 3.05. The minimum absolute atomic E-state index is 0.240. The van der Waals surface area contributed by atoms with E-state index in [4.69, 9.17) is 10.00 Å². The number of hydrogen-bond acceptors (Lipinski definition) is 5. The van der Waals surface area contributed by atoms with Crippen LogP contribution in [0.25, 0.3) is 0 Å². The Morgan fingerprint density at radius 2 is 2.21 bits per heavy atom. The van der Waals surface area contributed by atoms with Crippen molar-refractivity contribution in [2.75, 3.05) is 13.1 Å². The van der Waals surface area contributed by atoms with Crippen LogP contribution in [0.3, 0.4) is 0 Å². The lowest BCUT2D eigenvalue weighted by atomic mass is 10.2. The first kappa shape index (κ1) is 13.8. The minimum atomic E-state index is -3.21. The van der Waals surface area contributed by atoms with Gasteiger partial charge in [0.1, 0.15) is 17.7 Å². The van der Waals surface area contributed by atoms with Crippen LogP contribution in [0.5, 0.6) is 5.88 Å². The van der Waals surface area contributed by atoms with Crippen molar-refractivity contribution >= 4 is 10.0 Å². The molecule has 0 N–H and O–H groups in total. The Bertz CT molecular complexity index is 601. The molecule has 0 amide bonds. The molecule has 1 fully saturated rings. The van der Waals surface area contributed by atoms with Crippen LogP contribution in [0.4, 0.5) is 0 Å². The van der Waals surface area contributed by atoms with Gasteiger partial charge < -0.3 is 4.74 Å². The van der Waals surface area contributed by atoms with Gasteiger partial charge in [-0.3, -0.25) is 0 Å². The highest BCUT2D eigenvalue weighted by Gasteiger charge is 2.39. The van der Waals surface area contributed by atoms with E-state index in [9.17, 15) is 8.42 Å². The van der Waals surface area contributed by atoms with E-state index in [1.165, 1.54) is 10.5 Å². The van der Waals surface area contributed by atoms with Crippen molar-refractivity contribution in [1.82, 2.24) is 9.29 Å². The molecule has 0 aromatic carbocycles. The average molecular weight is 281 g/mol. The molecule has 1 aliphatic heterocycles. The van der Waals surface area contributed by atoms with Crippen LogP contribution in [0, 0.1) is 11.3 Å². The molecule has 2 rings (SSSR count). The number of rotatable bonds is 4. The van der Waals surface area contributed by atoms with Gasteiger partial charge >= 0.3 is 0 Å². The number of hydrogen-bond donors (Lipinski definition) is 0. The molecule has 1 aliphatic rings. The van der Waals surface area contributed by atoms with Gasteiger partial charge in [-0.2, -0.15) is 9.57 Å². The molecular weight excluding hydrogens is 266 g/mol. The highest BCUT2D eigenvalue weighted by molar-refractivity contribution is 7.89. The quantitative estimate of drug-likeness (QED) is 0.813. The fourth-order valence-electron chi connectivity index (χ4n) is 1.71. The van der Waals surface area contributed by atoms with E-state index in [1.54, 1.807) is 26.0 Å². The molecule has 0 radical (unpaired) electrons.